The van der Waals surface area contributed by atoms with E-state index in [2.05, 4.69) is 15.1 Å². The van der Waals surface area contributed by atoms with Crippen LogP contribution < -0.4 is 5.32 Å². The number of piperazine rings is 1. The van der Waals surface area contributed by atoms with Crippen molar-refractivity contribution in [1.82, 2.24) is 15.1 Å². The lowest BCUT2D eigenvalue weighted by Crippen LogP contribution is -2.53. The molecule has 0 radical (unpaired) electrons. The molecular formula is C15H27N3O2. The molecule has 3 rings (SSSR count). The minimum Gasteiger partial charge on any atom is -0.480 e. The maximum absolute atomic E-state index is 11.6. The van der Waals surface area contributed by atoms with Gasteiger partial charge in [-0.1, -0.05) is 6.92 Å². The van der Waals surface area contributed by atoms with Crippen molar-refractivity contribution in [3.63, 3.8) is 0 Å². The van der Waals surface area contributed by atoms with Crippen molar-refractivity contribution in [2.24, 2.45) is 0 Å². The van der Waals surface area contributed by atoms with E-state index >= 15 is 0 Å². The Labute approximate surface area is 121 Å². The molecule has 0 bridgehead atoms. The lowest BCUT2D eigenvalue weighted by Gasteiger charge is -2.38. The molecule has 114 valence electrons. The quantitative estimate of drug-likeness (QED) is 0.779. The van der Waals surface area contributed by atoms with Crippen LogP contribution in [0.3, 0.4) is 0 Å². The summed E-state index contributed by atoms with van der Waals surface area (Å²) < 4.78 is 0. The first kappa shape index (κ1) is 14.3. The average Bonchev–Trinajstić information content (AvgIpc) is 3.20. The Morgan fingerprint density at radius 1 is 1.15 bits per heavy atom. The van der Waals surface area contributed by atoms with Gasteiger partial charge in [0.15, 0.2) is 0 Å². The Balaban J connectivity index is 1.55. The van der Waals surface area contributed by atoms with Gasteiger partial charge < -0.3 is 10.4 Å². The zero-order chi connectivity index (χ0) is 14.2. The van der Waals surface area contributed by atoms with E-state index in [-0.39, 0.29) is 0 Å². The minimum absolute atomic E-state index is 0.450. The number of carbonyl (C=O) groups is 1. The van der Waals surface area contributed by atoms with Gasteiger partial charge in [0.2, 0.25) is 0 Å². The third-order valence-electron chi connectivity index (χ3n) is 5.34. The van der Waals surface area contributed by atoms with Gasteiger partial charge in [0.1, 0.15) is 5.54 Å². The van der Waals surface area contributed by atoms with Crippen molar-refractivity contribution in [1.29, 1.82) is 0 Å². The van der Waals surface area contributed by atoms with Crippen LogP contribution in [0.25, 0.3) is 0 Å². The molecule has 1 aliphatic heterocycles. The number of nitrogens with one attached hydrogen (secondary N) is 1. The predicted molar refractivity (Wildman–Crippen MR) is 77.9 cm³/mol. The van der Waals surface area contributed by atoms with Crippen LogP contribution in [0.4, 0.5) is 0 Å². The van der Waals surface area contributed by atoms with E-state index in [1.807, 2.05) is 6.92 Å². The molecule has 0 aromatic heterocycles. The maximum atomic E-state index is 11.6. The van der Waals surface area contributed by atoms with Gasteiger partial charge in [-0.05, 0) is 38.6 Å². The summed E-state index contributed by atoms with van der Waals surface area (Å²) in [5.41, 5.74) is -0.674. The first-order valence-electron chi connectivity index (χ1n) is 8.11. The molecule has 2 aliphatic carbocycles. The van der Waals surface area contributed by atoms with Gasteiger partial charge in [0.05, 0.1) is 0 Å². The predicted octanol–water partition coefficient (Wildman–Crippen LogP) is 0.752. The van der Waals surface area contributed by atoms with Gasteiger partial charge >= 0.3 is 5.97 Å². The summed E-state index contributed by atoms with van der Waals surface area (Å²) in [5, 5.41) is 12.8. The number of rotatable bonds is 5. The van der Waals surface area contributed by atoms with Gasteiger partial charge in [-0.25, -0.2) is 0 Å². The lowest BCUT2D eigenvalue weighted by atomic mass is 9.97. The van der Waals surface area contributed by atoms with Gasteiger partial charge in [-0.3, -0.25) is 14.6 Å². The molecule has 1 heterocycles. The molecular weight excluding hydrogens is 254 g/mol. The van der Waals surface area contributed by atoms with Crippen molar-refractivity contribution in [2.45, 2.75) is 56.7 Å². The van der Waals surface area contributed by atoms with Crippen LogP contribution in [0.5, 0.6) is 0 Å². The molecule has 3 aliphatic rings. The molecule has 5 heteroatoms. The molecule has 5 nitrogen and oxygen atoms in total. The van der Waals surface area contributed by atoms with Crippen LogP contribution in [0.1, 0.15) is 39.0 Å². The summed E-state index contributed by atoms with van der Waals surface area (Å²) in [7, 11) is 0. The summed E-state index contributed by atoms with van der Waals surface area (Å²) in [6, 6.07) is 1.31. The molecule has 2 atom stereocenters. The van der Waals surface area contributed by atoms with Crippen molar-refractivity contribution < 1.29 is 9.90 Å². The highest BCUT2D eigenvalue weighted by molar-refractivity contribution is 5.79. The number of nitrogens with zero attached hydrogens (tertiary/aromatic N) is 2. The summed E-state index contributed by atoms with van der Waals surface area (Å²) in [4.78, 5) is 16.7. The first-order chi connectivity index (χ1) is 9.64. The van der Waals surface area contributed by atoms with Gasteiger partial charge in [0.25, 0.3) is 0 Å². The van der Waals surface area contributed by atoms with Crippen molar-refractivity contribution >= 4 is 5.97 Å². The normalized spacial score (nSPS) is 36.4. The number of hydrogen-bond donors (Lipinski definition) is 2. The van der Waals surface area contributed by atoms with Crippen molar-refractivity contribution in [2.75, 3.05) is 32.7 Å². The highest BCUT2D eigenvalue weighted by Crippen LogP contribution is 2.35. The average molecular weight is 281 g/mol. The Morgan fingerprint density at radius 2 is 1.75 bits per heavy atom. The highest BCUT2D eigenvalue weighted by Gasteiger charge is 2.47. The van der Waals surface area contributed by atoms with Crippen molar-refractivity contribution in [3.8, 4) is 0 Å². The van der Waals surface area contributed by atoms with Gasteiger partial charge in [-0.2, -0.15) is 0 Å². The summed E-state index contributed by atoms with van der Waals surface area (Å²) >= 11 is 0. The Kier molecular flexibility index (Phi) is 4.02. The fourth-order valence-electron chi connectivity index (χ4n) is 4.01. The van der Waals surface area contributed by atoms with Crippen LogP contribution in [0, 0.1) is 0 Å². The van der Waals surface area contributed by atoms with E-state index in [4.69, 9.17) is 0 Å². The number of hydrogen-bond acceptors (Lipinski definition) is 4. The van der Waals surface area contributed by atoms with E-state index in [0.29, 0.717) is 6.04 Å². The highest BCUT2D eigenvalue weighted by atomic mass is 16.4. The van der Waals surface area contributed by atoms with Crippen LogP contribution in [0.15, 0.2) is 0 Å². The molecule has 2 unspecified atom stereocenters. The molecule has 3 fully saturated rings. The summed E-state index contributed by atoms with van der Waals surface area (Å²) in [5.74, 6) is -0.668. The fraction of sp³-hybridized carbons (Fsp3) is 0.933. The minimum atomic E-state index is -0.674. The van der Waals surface area contributed by atoms with Crippen molar-refractivity contribution in [3.05, 3.63) is 0 Å². The standard InChI is InChI=1S/C15H27N3O2/c1-2-16-15(14(19)20)6-5-13(11-15)18-9-7-17(8-10-18)12-3-4-12/h12-13,16H,2-11H2,1H3,(H,19,20). The second-order valence-corrected chi connectivity index (χ2v) is 6.62. The molecule has 0 amide bonds. The van der Waals surface area contributed by atoms with Gasteiger partial charge in [-0.15, -0.1) is 0 Å². The van der Waals surface area contributed by atoms with E-state index < -0.39 is 11.5 Å². The van der Waals surface area contributed by atoms with E-state index in [1.54, 1.807) is 0 Å². The zero-order valence-corrected chi connectivity index (χ0v) is 12.5. The second kappa shape index (κ2) is 5.62. The monoisotopic (exact) mass is 281 g/mol. The van der Waals surface area contributed by atoms with Gasteiger partial charge in [0, 0.05) is 38.3 Å². The maximum Gasteiger partial charge on any atom is 0.323 e. The third-order valence-corrected chi connectivity index (χ3v) is 5.34. The molecule has 20 heavy (non-hydrogen) atoms. The Morgan fingerprint density at radius 3 is 2.25 bits per heavy atom. The molecule has 1 saturated heterocycles. The topological polar surface area (TPSA) is 55.8 Å². The van der Waals surface area contributed by atoms with Crippen LogP contribution in [-0.2, 0) is 4.79 Å². The molecule has 0 aromatic carbocycles. The number of likely N-dealkylation sites (N-methyl/N-ethyl adjacent to an activating group) is 1. The van der Waals surface area contributed by atoms with E-state index in [9.17, 15) is 9.90 Å². The smallest absolute Gasteiger partial charge is 0.323 e. The SMILES string of the molecule is CCNC1(C(=O)O)CCC(N2CCN(C3CC3)CC2)C1. The number of aliphatic carboxylic acids is 1. The number of carboxylic acid groups (broad SMARTS) is 1. The zero-order valence-electron chi connectivity index (χ0n) is 12.5. The first-order valence-corrected chi connectivity index (χ1v) is 8.11. The number of carboxylic acids is 1. The lowest BCUT2D eigenvalue weighted by molar-refractivity contribution is -0.144. The Bertz CT molecular complexity index is 364. The molecule has 2 saturated carbocycles. The third kappa shape index (κ3) is 2.71. The van der Waals surface area contributed by atoms with Crippen LogP contribution >= 0.6 is 0 Å². The molecule has 0 aromatic rings. The molecule has 0 spiro atoms. The van der Waals surface area contributed by atoms with Crippen LogP contribution in [-0.4, -0.2) is 71.2 Å². The van der Waals surface area contributed by atoms with Crippen LogP contribution in [0.2, 0.25) is 0 Å². The summed E-state index contributed by atoms with van der Waals surface area (Å²) in [6.45, 7) is 7.29. The summed E-state index contributed by atoms with van der Waals surface area (Å²) in [6.07, 6.45) is 5.31. The molecule has 2 N–H and O–H groups in total. The Hall–Kier alpha value is -0.650. The largest absolute Gasteiger partial charge is 0.480 e. The van der Waals surface area contributed by atoms with E-state index in [0.717, 1.165) is 44.9 Å². The fourth-order valence-corrected chi connectivity index (χ4v) is 4.01. The second-order valence-electron chi connectivity index (χ2n) is 6.62. The van der Waals surface area contributed by atoms with E-state index in [1.165, 1.54) is 25.9 Å².